The Kier molecular flexibility index (Phi) is 15.6. The van der Waals surface area contributed by atoms with E-state index in [1.807, 2.05) is 11.8 Å². The number of unbranched alkanes of at least 4 members (excludes halogenated alkanes) is 11. The third-order valence-corrected chi connectivity index (χ3v) is 5.71. The topological polar surface area (TPSA) is 26.0 Å². The Labute approximate surface area is 155 Å². The number of thioether (sulfide) groups is 1. The summed E-state index contributed by atoms with van der Waals surface area (Å²) < 4.78 is 0. The van der Waals surface area contributed by atoms with Crippen molar-refractivity contribution in [3.8, 4) is 0 Å². The van der Waals surface area contributed by atoms with Gasteiger partial charge in [0.25, 0.3) is 0 Å². The van der Waals surface area contributed by atoms with E-state index in [1.165, 1.54) is 94.8 Å². The number of hydrogen-bond donors (Lipinski definition) is 1. The zero-order valence-electron chi connectivity index (χ0n) is 15.7. The van der Waals surface area contributed by atoms with Gasteiger partial charge in [-0.05, 0) is 30.6 Å². The average Bonchev–Trinajstić information content (AvgIpc) is 2.62. The molecule has 2 heteroatoms. The second kappa shape index (κ2) is 17.4. The monoisotopic (exact) mass is 349 g/mol. The Hall–Kier alpha value is -0.470. The molecule has 0 unspecified atom stereocenters. The largest absolute Gasteiger partial charge is 0.330 e. The van der Waals surface area contributed by atoms with Gasteiger partial charge < -0.3 is 5.73 Å². The van der Waals surface area contributed by atoms with Crippen molar-refractivity contribution >= 4 is 11.8 Å². The Morgan fingerprint density at radius 3 is 1.62 bits per heavy atom. The molecule has 1 aromatic rings. The lowest BCUT2D eigenvalue weighted by molar-refractivity contribution is 0.544. The second-order valence-corrected chi connectivity index (χ2v) is 8.10. The maximum absolute atomic E-state index is 5.49. The molecule has 0 bridgehead atoms. The van der Waals surface area contributed by atoms with Crippen LogP contribution >= 0.6 is 11.8 Å². The highest BCUT2D eigenvalue weighted by Crippen LogP contribution is 2.14. The van der Waals surface area contributed by atoms with Crippen molar-refractivity contribution in [2.24, 2.45) is 5.73 Å². The van der Waals surface area contributed by atoms with Crippen LogP contribution in [0.5, 0.6) is 0 Å². The molecule has 0 aliphatic carbocycles. The van der Waals surface area contributed by atoms with Gasteiger partial charge in [-0.25, -0.2) is 0 Å². The zero-order chi connectivity index (χ0) is 17.1. The van der Waals surface area contributed by atoms with Crippen LogP contribution < -0.4 is 5.73 Å². The molecular formula is C22H39NS. The molecule has 0 radical (unpaired) electrons. The first kappa shape index (κ1) is 21.6. The van der Waals surface area contributed by atoms with E-state index < -0.39 is 0 Å². The molecule has 2 N–H and O–H groups in total. The first-order valence-electron chi connectivity index (χ1n) is 10.2. The van der Waals surface area contributed by atoms with Crippen molar-refractivity contribution in [3.05, 3.63) is 35.9 Å². The van der Waals surface area contributed by atoms with Crippen molar-refractivity contribution in [2.75, 3.05) is 18.1 Å². The SMILES string of the molecule is NCCSCCCCCCCCCCCCCCc1ccccc1. The first-order chi connectivity index (χ1) is 11.9. The van der Waals surface area contributed by atoms with Crippen LogP contribution in [0.25, 0.3) is 0 Å². The highest BCUT2D eigenvalue weighted by molar-refractivity contribution is 7.99. The minimum absolute atomic E-state index is 0.831. The average molecular weight is 350 g/mol. The van der Waals surface area contributed by atoms with E-state index in [2.05, 4.69) is 30.3 Å². The van der Waals surface area contributed by atoms with E-state index >= 15 is 0 Å². The van der Waals surface area contributed by atoms with Crippen LogP contribution in [0.1, 0.15) is 82.6 Å². The van der Waals surface area contributed by atoms with Gasteiger partial charge in [0, 0.05) is 12.3 Å². The molecule has 0 aliphatic heterocycles. The van der Waals surface area contributed by atoms with E-state index in [-0.39, 0.29) is 0 Å². The zero-order valence-corrected chi connectivity index (χ0v) is 16.5. The molecule has 0 aromatic heterocycles. The predicted octanol–water partition coefficient (Wildman–Crippen LogP) is 6.60. The Morgan fingerprint density at radius 2 is 1.08 bits per heavy atom. The van der Waals surface area contributed by atoms with E-state index in [1.54, 1.807) is 0 Å². The van der Waals surface area contributed by atoms with Crippen LogP contribution in [-0.4, -0.2) is 18.1 Å². The van der Waals surface area contributed by atoms with Gasteiger partial charge in [0.15, 0.2) is 0 Å². The number of aryl methyl sites for hydroxylation is 1. The summed E-state index contributed by atoms with van der Waals surface area (Å²) in [7, 11) is 0. The van der Waals surface area contributed by atoms with Gasteiger partial charge in [-0.2, -0.15) is 11.8 Å². The predicted molar refractivity (Wildman–Crippen MR) is 112 cm³/mol. The summed E-state index contributed by atoms with van der Waals surface area (Å²) in [5.74, 6) is 2.44. The summed E-state index contributed by atoms with van der Waals surface area (Å²) in [6, 6.07) is 10.9. The Bertz CT molecular complexity index is 352. The summed E-state index contributed by atoms with van der Waals surface area (Å²) in [4.78, 5) is 0. The van der Waals surface area contributed by atoms with Crippen molar-refractivity contribution in [1.82, 2.24) is 0 Å². The maximum atomic E-state index is 5.49. The minimum Gasteiger partial charge on any atom is -0.330 e. The van der Waals surface area contributed by atoms with Gasteiger partial charge in [0.1, 0.15) is 0 Å². The van der Waals surface area contributed by atoms with Crippen LogP contribution in [0.15, 0.2) is 30.3 Å². The number of rotatable bonds is 17. The third-order valence-electron chi connectivity index (χ3n) is 4.61. The molecule has 0 heterocycles. The maximum Gasteiger partial charge on any atom is 0.00558 e. The van der Waals surface area contributed by atoms with Crippen LogP contribution in [0.2, 0.25) is 0 Å². The highest BCUT2D eigenvalue weighted by Gasteiger charge is 1.95. The van der Waals surface area contributed by atoms with E-state index in [0.29, 0.717) is 0 Å². The molecule has 138 valence electrons. The molecule has 1 rings (SSSR count). The summed E-state index contributed by atoms with van der Waals surface area (Å²) in [5, 5.41) is 0. The molecule has 1 aromatic carbocycles. The quantitative estimate of drug-likeness (QED) is 0.320. The standard InChI is InChI=1S/C22H39NS/c23-19-21-24-20-15-10-8-6-4-2-1-3-5-7-9-12-16-22-17-13-11-14-18-22/h11,13-14,17-18H,1-10,12,15-16,19-21,23H2. The van der Waals surface area contributed by atoms with E-state index in [9.17, 15) is 0 Å². The molecule has 0 aliphatic rings. The molecule has 0 saturated heterocycles. The Balaban J connectivity index is 1.70. The van der Waals surface area contributed by atoms with E-state index in [0.717, 1.165) is 12.3 Å². The fourth-order valence-corrected chi connectivity index (χ4v) is 3.91. The first-order valence-corrected chi connectivity index (χ1v) is 11.4. The fourth-order valence-electron chi connectivity index (χ4n) is 3.13. The summed E-state index contributed by atoms with van der Waals surface area (Å²) in [5.41, 5.74) is 6.98. The number of nitrogens with two attached hydrogens (primary N) is 1. The molecular weight excluding hydrogens is 310 g/mol. The minimum atomic E-state index is 0.831. The molecule has 0 atom stereocenters. The van der Waals surface area contributed by atoms with Crippen LogP contribution in [-0.2, 0) is 6.42 Å². The summed E-state index contributed by atoms with van der Waals surface area (Å²) in [6.07, 6.45) is 18.3. The summed E-state index contributed by atoms with van der Waals surface area (Å²) >= 11 is 2.01. The smallest absolute Gasteiger partial charge is 0.00558 e. The lowest BCUT2D eigenvalue weighted by Crippen LogP contribution is -2.01. The third kappa shape index (κ3) is 13.9. The van der Waals surface area contributed by atoms with Crippen molar-refractivity contribution in [1.29, 1.82) is 0 Å². The molecule has 1 nitrogen and oxygen atoms in total. The van der Waals surface area contributed by atoms with Crippen molar-refractivity contribution in [2.45, 2.75) is 83.5 Å². The highest BCUT2D eigenvalue weighted by atomic mass is 32.2. The summed E-state index contributed by atoms with van der Waals surface area (Å²) in [6.45, 7) is 0.831. The van der Waals surface area contributed by atoms with Gasteiger partial charge in [-0.15, -0.1) is 0 Å². The molecule has 0 saturated carbocycles. The molecule has 24 heavy (non-hydrogen) atoms. The van der Waals surface area contributed by atoms with Gasteiger partial charge >= 0.3 is 0 Å². The van der Waals surface area contributed by atoms with Gasteiger partial charge in [0.05, 0.1) is 0 Å². The van der Waals surface area contributed by atoms with Crippen LogP contribution in [0.3, 0.4) is 0 Å². The van der Waals surface area contributed by atoms with Crippen molar-refractivity contribution < 1.29 is 0 Å². The number of benzene rings is 1. The molecule has 0 amide bonds. The van der Waals surface area contributed by atoms with Crippen LogP contribution in [0, 0.1) is 0 Å². The lowest BCUT2D eigenvalue weighted by Gasteiger charge is -2.04. The Morgan fingerprint density at radius 1 is 0.583 bits per heavy atom. The molecule has 0 fully saturated rings. The van der Waals surface area contributed by atoms with Gasteiger partial charge in [-0.1, -0.05) is 94.5 Å². The molecule has 0 spiro atoms. The van der Waals surface area contributed by atoms with E-state index in [4.69, 9.17) is 5.73 Å². The van der Waals surface area contributed by atoms with Crippen LogP contribution in [0.4, 0.5) is 0 Å². The van der Waals surface area contributed by atoms with Gasteiger partial charge in [0.2, 0.25) is 0 Å². The van der Waals surface area contributed by atoms with Gasteiger partial charge in [-0.3, -0.25) is 0 Å². The lowest BCUT2D eigenvalue weighted by atomic mass is 10.0. The van der Waals surface area contributed by atoms with Crippen molar-refractivity contribution in [3.63, 3.8) is 0 Å². The second-order valence-electron chi connectivity index (χ2n) is 6.88. The fraction of sp³-hybridized carbons (Fsp3) is 0.727. The normalized spacial score (nSPS) is 11.0. The number of hydrogen-bond acceptors (Lipinski definition) is 2.